The van der Waals surface area contributed by atoms with Gasteiger partial charge < -0.3 is 10.6 Å². The average Bonchev–Trinajstić information content (AvgIpc) is 2.33. The number of nitro groups is 1. The SMILES string of the molecule is NC1CCCN(c2ccc([N+](=O)[O-])cc2)C1=O. The molecule has 17 heavy (non-hydrogen) atoms. The van der Waals surface area contributed by atoms with E-state index in [1.807, 2.05) is 0 Å². The monoisotopic (exact) mass is 235 g/mol. The Balaban J connectivity index is 2.22. The first-order chi connectivity index (χ1) is 8.09. The Bertz CT molecular complexity index is 444. The first-order valence-corrected chi connectivity index (χ1v) is 5.41. The Morgan fingerprint density at radius 1 is 1.35 bits per heavy atom. The summed E-state index contributed by atoms with van der Waals surface area (Å²) in [5.74, 6) is -0.120. The van der Waals surface area contributed by atoms with Gasteiger partial charge in [0.05, 0.1) is 11.0 Å². The molecule has 1 aliphatic rings. The molecule has 1 saturated heterocycles. The number of nitro benzene ring substituents is 1. The van der Waals surface area contributed by atoms with Gasteiger partial charge in [-0.3, -0.25) is 14.9 Å². The molecule has 1 heterocycles. The molecule has 0 bridgehead atoms. The van der Waals surface area contributed by atoms with Gasteiger partial charge in [0.15, 0.2) is 0 Å². The highest BCUT2D eigenvalue weighted by Crippen LogP contribution is 2.23. The fourth-order valence-electron chi connectivity index (χ4n) is 1.91. The molecule has 1 amide bonds. The molecule has 6 nitrogen and oxygen atoms in total. The van der Waals surface area contributed by atoms with Crippen LogP contribution in [0.25, 0.3) is 0 Å². The summed E-state index contributed by atoms with van der Waals surface area (Å²) >= 11 is 0. The fraction of sp³-hybridized carbons (Fsp3) is 0.364. The van der Waals surface area contributed by atoms with Crippen LogP contribution in [0.4, 0.5) is 11.4 Å². The Morgan fingerprint density at radius 3 is 2.59 bits per heavy atom. The third-order valence-corrected chi connectivity index (χ3v) is 2.85. The molecule has 0 saturated carbocycles. The van der Waals surface area contributed by atoms with E-state index in [0.717, 1.165) is 6.42 Å². The van der Waals surface area contributed by atoms with Gasteiger partial charge in [-0.25, -0.2) is 0 Å². The topological polar surface area (TPSA) is 89.5 Å². The summed E-state index contributed by atoms with van der Waals surface area (Å²) in [5, 5.41) is 10.5. The van der Waals surface area contributed by atoms with Crippen molar-refractivity contribution in [2.24, 2.45) is 5.73 Å². The van der Waals surface area contributed by atoms with Crippen LogP contribution in [0.3, 0.4) is 0 Å². The number of carbonyl (C=O) groups is 1. The molecule has 0 spiro atoms. The smallest absolute Gasteiger partial charge is 0.269 e. The number of amides is 1. The van der Waals surface area contributed by atoms with Gasteiger partial charge in [-0.15, -0.1) is 0 Å². The molecule has 2 N–H and O–H groups in total. The minimum absolute atomic E-state index is 0.0162. The van der Waals surface area contributed by atoms with Gasteiger partial charge in [0.25, 0.3) is 5.69 Å². The van der Waals surface area contributed by atoms with Gasteiger partial charge in [-0.2, -0.15) is 0 Å². The van der Waals surface area contributed by atoms with Crippen molar-refractivity contribution in [1.82, 2.24) is 0 Å². The van der Waals surface area contributed by atoms with Crippen molar-refractivity contribution < 1.29 is 9.72 Å². The predicted molar refractivity (Wildman–Crippen MR) is 62.7 cm³/mol. The standard InChI is InChI=1S/C11H13N3O3/c12-10-2-1-7-13(11(10)15)8-3-5-9(6-4-8)14(16)17/h3-6,10H,1-2,7,12H2. The summed E-state index contributed by atoms with van der Waals surface area (Å²) in [6.45, 7) is 0.615. The third kappa shape index (κ3) is 2.26. The molecule has 1 atom stereocenters. The van der Waals surface area contributed by atoms with E-state index in [1.165, 1.54) is 12.1 Å². The number of rotatable bonds is 2. The van der Waals surface area contributed by atoms with Crippen molar-refractivity contribution in [3.63, 3.8) is 0 Å². The molecule has 1 fully saturated rings. The zero-order valence-corrected chi connectivity index (χ0v) is 9.20. The molecular weight excluding hydrogens is 222 g/mol. The van der Waals surface area contributed by atoms with Crippen LogP contribution in [0.2, 0.25) is 0 Å². The number of hydrogen-bond donors (Lipinski definition) is 1. The van der Waals surface area contributed by atoms with Crippen LogP contribution in [-0.4, -0.2) is 23.4 Å². The van der Waals surface area contributed by atoms with Crippen LogP contribution < -0.4 is 10.6 Å². The molecule has 1 aromatic carbocycles. The van der Waals surface area contributed by atoms with Crippen molar-refractivity contribution in [3.05, 3.63) is 34.4 Å². The Hall–Kier alpha value is -1.95. The summed E-state index contributed by atoms with van der Waals surface area (Å²) in [4.78, 5) is 23.4. The van der Waals surface area contributed by atoms with Crippen LogP contribution in [0.15, 0.2) is 24.3 Å². The highest BCUT2D eigenvalue weighted by molar-refractivity contribution is 5.97. The number of hydrogen-bond acceptors (Lipinski definition) is 4. The van der Waals surface area contributed by atoms with Gasteiger partial charge in [-0.05, 0) is 25.0 Å². The lowest BCUT2D eigenvalue weighted by molar-refractivity contribution is -0.384. The quantitative estimate of drug-likeness (QED) is 0.612. The highest BCUT2D eigenvalue weighted by atomic mass is 16.6. The van der Waals surface area contributed by atoms with Gasteiger partial charge >= 0.3 is 0 Å². The van der Waals surface area contributed by atoms with E-state index in [2.05, 4.69) is 0 Å². The first kappa shape index (κ1) is 11.5. The summed E-state index contributed by atoms with van der Waals surface area (Å²) in [5.41, 5.74) is 6.36. The molecule has 1 unspecified atom stereocenters. The van der Waals surface area contributed by atoms with Crippen molar-refractivity contribution >= 4 is 17.3 Å². The average molecular weight is 235 g/mol. The van der Waals surface area contributed by atoms with E-state index in [4.69, 9.17) is 5.73 Å². The lowest BCUT2D eigenvalue weighted by Crippen LogP contribution is -2.48. The predicted octanol–water partition coefficient (Wildman–Crippen LogP) is 1.05. The minimum atomic E-state index is -0.465. The van der Waals surface area contributed by atoms with E-state index in [1.54, 1.807) is 17.0 Å². The molecule has 0 radical (unpaired) electrons. The molecule has 2 rings (SSSR count). The van der Waals surface area contributed by atoms with E-state index >= 15 is 0 Å². The molecule has 0 aliphatic carbocycles. The number of anilines is 1. The van der Waals surface area contributed by atoms with Gasteiger partial charge in [0, 0.05) is 24.4 Å². The molecule has 0 aromatic heterocycles. The molecular formula is C11H13N3O3. The van der Waals surface area contributed by atoms with Crippen LogP contribution in [0, 0.1) is 10.1 Å². The largest absolute Gasteiger partial charge is 0.320 e. The van der Waals surface area contributed by atoms with Crippen molar-refractivity contribution in [2.45, 2.75) is 18.9 Å². The minimum Gasteiger partial charge on any atom is -0.320 e. The number of non-ortho nitro benzene ring substituents is 1. The fourth-order valence-corrected chi connectivity index (χ4v) is 1.91. The zero-order valence-electron chi connectivity index (χ0n) is 9.20. The maximum absolute atomic E-state index is 11.8. The normalized spacial score (nSPS) is 20.4. The molecule has 1 aromatic rings. The number of piperidine rings is 1. The second kappa shape index (κ2) is 4.50. The number of benzene rings is 1. The van der Waals surface area contributed by atoms with Crippen molar-refractivity contribution in [3.8, 4) is 0 Å². The third-order valence-electron chi connectivity index (χ3n) is 2.85. The van der Waals surface area contributed by atoms with E-state index in [0.29, 0.717) is 18.7 Å². The molecule has 1 aliphatic heterocycles. The molecule has 6 heteroatoms. The maximum Gasteiger partial charge on any atom is 0.269 e. The summed E-state index contributed by atoms with van der Waals surface area (Å²) in [6, 6.07) is 5.48. The lowest BCUT2D eigenvalue weighted by atomic mass is 10.0. The second-order valence-electron chi connectivity index (χ2n) is 4.01. The van der Waals surface area contributed by atoms with Crippen molar-refractivity contribution in [2.75, 3.05) is 11.4 Å². The Morgan fingerprint density at radius 2 is 2.00 bits per heavy atom. The van der Waals surface area contributed by atoms with Gasteiger partial charge in [0.1, 0.15) is 0 Å². The Labute approximate surface area is 98.2 Å². The van der Waals surface area contributed by atoms with Crippen LogP contribution >= 0.6 is 0 Å². The van der Waals surface area contributed by atoms with Gasteiger partial charge in [-0.1, -0.05) is 0 Å². The number of nitrogens with two attached hydrogens (primary N) is 1. The summed E-state index contributed by atoms with van der Waals surface area (Å²) in [6.07, 6.45) is 1.55. The van der Waals surface area contributed by atoms with Crippen molar-refractivity contribution in [1.29, 1.82) is 0 Å². The summed E-state index contributed by atoms with van der Waals surface area (Å²) in [7, 11) is 0. The maximum atomic E-state index is 11.8. The van der Waals surface area contributed by atoms with Crippen LogP contribution in [0.5, 0.6) is 0 Å². The number of carbonyl (C=O) groups excluding carboxylic acids is 1. The highest BCUT2D eigenvalue weighted by Gasteiger charge is 2.26. The van der Waals surface area contributed by atoms with E-state index in [9.17, 15) is 14.9 Å². The first-order valence-electron chi connectivity index (χ1n) is 5.41. The lowest BCUT2D eigenvalue weighted by Gasteiger charge is -2.30. The van der Waals surface area contributed by atoms with Crippen LogP contribution in [-0.2, 0) is 4.79 Å². The zero-order chi connectivity index (χ0) is 12.4. The Kier molecular flexibility index (Phi) is 3.06. The van der Waals surface area contributed by atoms with Crippen LogP contribution in [0.1, 0.15) is 12.8 Å². The second-order valence-corrected chi connectivity index (χ2v) is 4.01. The number of nitrogens with zero attached hydrogens (tertiary/aromatic N) is 2. The van der Waals surface area contributed by atoms with E-state index in [-0.39, 0.29) is 11.6 Å². The molecule has 90 valence electrons. The van der Waals surface area contributed by atoms with Gasteiger partial charge in [0.2, 0.25) is 5.91 Å². The van der Waals surface area contributed by atoms with E-state index < -0.39 is 11.0 Å². The summed E-state index contributed by atoms with van der Waals surface area (Å²) < 4.78 is 0.